The van der Waals surface area contributed by atoms with Crippen LogP contribution in [0.4, 0.5) is 0 Å². The fraction of sp³-hybridized carbons (Fsp3) is 0. The van der Waals surface area contributed by atoms with Gasteiger partial charge in [0.25, 0.3) is 0 Å². The van der Waals surface area contributed by atoms with Crippen LogP contribution in [-0.2, 0) is 17.9 Å². The molecule has 0 aliphatic rings. The van der Waals surface area contributed by atoms with Crippen molar-refractivity contribution in [1.29, 1.82) is 0 Å². The first-order valence-electron chi connectivity index (χ1n) is 0.617. The molecule has 0 aromatic rings. The van der Waals surface area contributed by atoms with Gasteiger partial charge in [-0.25, -0.2) is 0 Å². The summed E-state index contributed by atoms with van der Waals surface area (Å²) in [6.07, 6.45) is 0. The molecular weight excluding hydrogens is 266 g/mol. The Hall–Kier alpha value is 0.602. The van der Waals surface area contributed by atoms with Crippen LogP contribution in [0.2, 0.25) is 0 Å². The minimum atomic E-state index is -5.28. The van der Waals surface area contributed by atoms with Crippen molar-refractivity contribution in [1.82, 2.24) is 0 Å². The Morgan fingerprint density at radius 3 is 1.60 bits per heavy atom. The molecule has 0 spiro atoms. The van der Waals surface area contributed by atoms with Gasteiger partial charge in [-0.2, -0.15) is 0 Å². The molecule has 0 fully saturated rings. The molecule has 0 N–H and O–H groups in total. The van der Waals surface area contributed by atoms with Crippen molar-refractivity contribution in [3.63, 3.8) is 0 Å². The van der Waals surface area contributed by atoms with E-state index in [0.717, 1.165) is 0 Å². The Balaban J connectivity index is 4.06. The van der Waals surface area contributed by atoms with E-state index in [1.807, 2.05) is 0 Å². The van der Waals surface area contributed by atoms with Crippen molar-refractivity contribution in [2.45, 2.75) is 0 Å². The first-order chi connectivity index (χ1) is 2.00. The van der Waals surface area contributed by atoms with Gasteiger partial charge in [-0.05, 0) is 0 Å². The van der Waals surface area contributed by atoms with E-state index in [4.69, 9.17) is 11.1 Å². The van der Waals surface area contributed by atoms with Gasteiger partial charge in [0.2, 0.25) is 0 Å². The Morgan fingerprint density at radius 1 is 1.60 bits per heavy atom. The van der Waals surface area contributed by atoms with Crippen LogP contribution in [-0.4, -0.2) is 0 Å². The Kier molecular flexibility index (Phi) is 1.54. The van der Waals surface area contributed by atoms with Crippen LogP contribution in [0, 0.1) is 0 Å². The zero-order valence-corrected chi connectivity index (χ0v) is 5.54. The summed E-state index contributed by atoms with van der Waals surface area (Å²) >= 11 is -5.28. The minimum absolute atomic E-state index is 3.36. The first kappa shape index (κ1) is 5.60. The van der Waals surface area contributed by atoms with E-state index < -0.39 is 14.5 Å². The van der Waals surface area contributed by atoms with Crippen LogP contribution in [0.15, 0.2) is 0 Å². The summed E-state index contributed by atoms with van der Waals surface area (Å²) in [6.45, 7) is 0. The second-order valence-corrected chi connectivity index (χ2v) is 6.19. The van der Waals surface area contributed by atoms with Crippen molar-refractivity contribution in [3.05, 3.63) is 0 Å². The molecular formula is O3ReS-2. The van der Waals surface area contributed by atoms with Crippen molar-refractivity contribution in [2.24, 2.45) is 0 Å². The number of hydrogen-bond donors (Lipinski definition) is 0. The van der Waals surface area contributed by atoms with Crippen LogP contribution in [0.1, 0.15) is 0 Å². The third-order valence-electron chi connectivity index (χ3n) is 0. The average Bonchev–Trinajstić information content (AvgIpc) is 0.722. The van der Waals surface area contributed by atoms with Crippen molar-refractivity contribution >= 4 is 9.94 Å². The van der Waals surface area contributed by atoms with Crippen molar-refractivity contribution in [2.75, 3.05) is 0 Å². The second kappa shape index (κ2) is 1.37. The van der Waals surface area contributed by atoms with E-state index in [-0.39, 0.29) is 0 Å². The fourth-order valence-corrected chi connectivity index (χ4v) is 0. The van der Waals surface area contributed by atoms with Gasteiger partial charge in [-0.3, -0.25) is 0 Å². The van der Waals surface area contributed by atoms with Crippen LogP contribution >= 0.6 is 9.94 Å². The van der Waals surface area contributed by atoms with E-state index in [0.29, 0.717) is 0 Å². The van der Waals surface area contributed by atoms with Gasteiger partial charge in [0.05, 0.1) is 0 Å². The molecule has 0 saturated heterocycles. The van der Waals surface area contributed by atoms with Crippen LogP contribution in [0.5, 0.6) is 0 Å². The fourth-order valence-electron chi connectivity index (χ4n) is 0. The van der Waals surface area contributed by atoms with Gasteiger partial charge in [-0.15, -0.1) is 0 Å². The molecule has 0 aromatic carbocycles. The Bertz CT molecular complexity index is 90.1. The molecule has 0 bridgehead atoms. The summed E-state index contributed by atoms with van der Waals surface area (Å²) in [4.78, 5) is 0. The third-order valence-corrected chi connectivity index (χ3v) is 0. The van der Waals surface area contributed by atoms with Gasteiger partial charge < -0.3 is 0 Å². The molecule has 0 amide bonds. The Labute approximate surface area is 36.0 Å². The molecule has 33 valence electrons. The summed E-state index contributed by atoms with van der Waals surface area (Å²) in [5, 5.41) is 0. The molecule has 0 atom stereocenters. The summed E-state index contributed by atoms with van der Waals surface area (Å²) in [5.41, 5.74) is 0. The summed E-state index contributed by atoms with van der Waals surface area (Å²) in [7, 11) is 3.36. The van der Waals surface area contributed by atoms with E-state index >= 15 is 0 Å². The molecule has 0 aliphatic heterocycles. The van der Waals surface area contributed by atoms with Crippen LogP contribution in [0.3, 0.4) is 0 Å². The zero-order valence-electron chi connectivity index (χ0n) is 2.01. The molecule has 0 radical (unpaired) electrons. The SMILES string of the molecule is [O]=[Re]([O-])([O-])=[S]. The Morgan fingerprint density at radius 2 is 1.60 bits per heavy atom. The topological polar surface area (TPSA) is 63.2 Å². The summed E-state index contributed by atoms with van der Waals surface area (Å²) < 4.78 is 27.0. The molecule has 0 aliphatic carbocycles. The molecule has 0 saturated carbocycles. The monoisotopic (exact) mass is 267 g/mol. The average molecular weight is 266 g/mol. The molecule has 3 nitrogen and oxygen atoms in total. The van der Waals surface area contributed by atoms with E-state index in [2.05, 4.69) is 9.94 Å². The zero-order chi connectivity index (χ0) is 4.50. The van der Waals surface area contributed by atoms with E-state index in [1.54, 1.807) is 0 Å². The summed E-state index contributed by atoms with van der Waals surface area (Å²) in [5.74, 6) is 0. The van der Waals surface area contributed by atoms with Crippen molar-refractivity contribution in [3.8, 4) is 0 Å². The van der Waals surface area contributed by atoms with Crippen LogP contribution < -0.4 is 7.66 Å². The molecule has 0 unspecified atom stereocenters. The predicted molar refractivity (Wildman–Crippen MR) is 8.28 cm³/mol. The first-order valence-corrected chi connectivity index (χ1v) is 7.58. The summed E-state index contributed by atoms with van der Waals surface area (Å²) in [6, 6.07) is 0. The van der Waals surface area contributed by atoms with E-state index in [9.17, 15) is 0 Å². The third kappa shape index (κ3) is 85.9. The van der Waals surface area contributed by atoms with Gasteiger partial charge in [0.1, 0.15) is 0 Å². The number of rotatable bonds is 0. The molecule has 5 heteroatoms. The molecule has 0 heterocycles. The van der Waals surface area contributed by atoms with E-state index in [1.165, 1.54) is 0 Å². The van der Waals surface area contributed by atoms with Gasteiger partial charge >= 0.3 is 35.5 Å². The quantitative estimate of drug-likeness (QED) is 0.516. The normalized spacial score (nSPS) is 11.6. The molecule has 5 heavy (non-hydrogen) atoms. The van der Waals surface area contributed by atoms with Gasteiger partial charge in [-0.1, -0.05) is 0 Å². The van der Waals surface area contributed by atoms with Crippen LogP contribution in [0.25, 0.3) is 0 Å². The predicted octanol–water partition coefficient (Wildman–Crippen LogP) is -1.85. The van der Waals surface area contributed by atoms with Crippen molar-refractivity contribution < 1.29 is 25.6 Å². The maximum atomic E-state index is 9.01. The van der Waals surface area contributed by atoms with Gasteiger partial charge in [0, 0.05) is 0 Å². The number of hydrogen-bond acceptors (Lipinski definition) is 4. The standard InChI is InChI=1S/3O.Re.S/q;2*-1;;. The maximum absolute atomic E-state index is 9.01. The molecule has 0 aromatic heterocycles. The van der Waals surface area contributed by atoms with Gasteiger partial charge in [0.15, 0.2) is 0 Å². The molecule has 0 rings (SSSR count). The second-order valence-electron chi connectivity index (χ2n) is 0.378.